The van der Waals surface area contributed by atoms with E-state index in [1.54, 1.807) is 18.2 Å². The van der Waals surface area contributed by atoms with Gasteiger partial charge in [0, 0.05) is 18.5 Å². The van der Waals surface area contributed by atoms with Crippen LogP contribution in [0.2, 0.25) is 0 Å². The molecule has 0 radical (unpaired) electrons. The number of ether oxygens (including phenoxy) is 2. The van der Waals surface area contributed by atoms with Gasteiger partial charge in [0.15, 0.2) is 17.6 Å². The van der Waals surface area contributed by atoms with E-state index in [2.05, 4.69) is 5.32 Å². The first-order valence-corrected chi connectivity index (χ1v) is 8.05. The molecule has 0 saturated carbocycles. The van der Waals surface area contributed by atoms with Gasteiger partial charge >= 0.3 is 5.97 Å². The second-order valence-electron chi connectivity index (χ2n) is 5.54. The van der Waals surface area contributed by atoms with Gasteiger partial charge in [0.2, 0.25) is 0 Å². The molecule has 7 heteroatoms. The number of benzene rings is 2. The molecule has 0 aliphatic carbocycles. The Morgan fingerprint density at radius 1 is 1.12 bits per heavy atom. The molecule has 7 nitrogen and oxygen atoms in total. The molecule has 0 aliphatic heterocycles. The average molecular weight is 359 g/mol. The smallest absolute Gasteiger partial charge is 0.332 e. The van der Waals surface area contributed by atoms with E-state index < -0.39 is 18.0 Å². The molecule has 26 heavy (non-hydrogen) atoms. The summed E-state index contributed by atoms with van der Waals surface area (Å²) in [5.74, 6) is -0.788. The number of aliphatic hydroxyl groups excluding tert-OH is 1. The number of hydrogen-bond acceptors (Lipinski definition) is 5. The van der Waals surface area contributed by atoms with Gasteiger partial charge in [-0.1, -0.05) is 30.3 Å². The lowest BCUT2D eigenvalue weighted by Crippen LogP contribution is -2.30. The summed E-state index contributed by atoms with van der Waals surface area (Å²) in [5.41, 5.74) is 1.32. The van der Waals surface area contributed by atoms with Gasteiger partial charge in [0.25, 0.3) is 5.91 Å². The maximum absolute atomic E-state index is 12.2. The Labute approximate surface area is 151 Å². The fourth-order valence-electron chi connectivity index (χ4n) is 2.21. The van der Waals surface area contributed by atoms with E-state index in [0.717, 1.165) is 5.56 Å². The lowest BCUT2D eigenvalue weighted by Gasteiger charge is -2.13. The molecule has 0 spiro atoms. The Morgan fingerprint density at radius 3 is 2.50 bits per heavy atom. The molecule has 2 aromatic rings. The molecule has 138 valence electrons. The van der Waals surface area contributed by atoms with Crippen molar-refractivity contribution < 1.29 is 29.3 Å². The van der Waals surface area contributed by atoms with Crippen LogP contribution in [0.1, 0.15) is 22.3 Å². The first kappa shape index (κ1) is 19.3. The summed E-state index contributed by atoms with van der Waals surface area (Å²) in [6.45, 7) is 0.367. The summed E-state index contributed by atoms with van der Waals surface area (Å²) < 4.78 is 11.0. The first-order valence-electron chi connectivity index (χ1n) is 8.05. The Hall–Kier alpha value is -3.06. The first-order chi connectivity index (χ1) is 12.5. The molecule has 0 bridgehead atoms. The summed E-state index contributed by atoms with van der Waals surface area (Å²) in [6.07, 6.45) is -1.58. The highest BCUT2D eigenvalue weighted by molar-refractivity contribution is 5.94. The number of methoxy groups -OCH3 is 1. The maximum atomic E-state index is 12.2. The van der Waals surface area contributed by atoms with Crippen molar-refractivity contribution in [3.05, 3.63) is 59.7 Å². The number of hydrogen-bond donors (Lipinski definition) is 3. The Kier molecular flexibility index (Phi) is 6.99. The standard InChI is InChI=1S/C19H21NO6/c1-25-16-8-7-14(18(22)20-10-9-15(21)19(23)24)11-17(16)26-12-13-5-3-2-4-6-13/h2-8,11,15,21H,9-10,12H2,1H3,(H,20,22)(H,23,24)/t15-/m1/s1. The highest BCUT2D eigenvalue weighted by atomic mass is 16.5. The van der Waals surface area contributed by atoms with E-state index in [-0.39, 0.29) is 13.0 Å². The number of carbonyl (C=O) groups is 2. The number of amides is 1. The zero-order valence-corrected chi connectivity index (χ0v) is 14.3. The fraction of sp³-hybridized carbons (Fsp3) is 0.263. The summed E-state index contributed by atoms with van der Waals surface area (Å²) in [5, 5.41) is 20.4. The predicted molar refractivity (Wildman–Crippen MR) is 94.4 cm³/mol. The molecular weight excluding hydrogens is 338 g/mol. The predicted octanol–water partition coefficient (Wildman–Crippen LogP) is 1.84. The summed E-state index contributed by atoms with van der Waals surface area (Å²) >= 11 is 0. The molecule has 2 aromatic carbocycles. The number of rotatable bonds is 9. The van der Waals surface area contributed by atoms with Crippen LogP contribution in [0.4, 0.5) is 0 Å². The molecule has 0 aliphatic rings. The van der Waals surface area contributed by atoms with Crippen LogP contribution in [-0.2, 0) is 11.4 Å². The molecule has 2 rings (SSSR count). The Morgan fingerprint density at radius 2 is 1.85 bits per heavy atom. The third-order valence-electron chi connectivity index (χ3n) is 3.65. The van der Waals surface area contributed by atoms with Gasteiger partial charge in [0.1, 0.15) is 6.61 Å². The molecule has 0 saturated heterocycles. The van der Waals surface area contributed by atoms with Crippen LogP contribution in [0, 0.1) is 0 Å². The lowest BCUT2D eigenvalue weighted by atomic mass is 10.1. The highest BCUT2D eigenvalue weighted by Gasteiger charge is 2.15. The summed E-state index contributed by atoms with van der Waals surface area (Å²) in [6, 6.07) is 14.4. The molecule has 0 heterocycles. The Balaban J connectivity index is 2.00. The zero-order valence-electron chi connectivity index (χ0n) is 14.3. The van der Waals surface area contributed by atoms with Crippen LogP contribution in [-0.4, -0.2) is 41.8 Å². The monoisotopic (exact) mass is 359 g/mol. The van der Waals surface area contributed by atoms with Gasteiger partial charge in [0.05, 0.1) is 7.11 Å². The minimum Gasteiger partial charge on any atom is -0.493 e. The van der Waals surface area contributed by atoms with Crippen LogP contribution in [0.5, 0.6) is 11.5 Å². The third kappa shape index (κ3) is 5.49. The number of aliphatic hydroxyl groups is 1. The van der Waals surface area contributed by atoms with Crippen molar-refractivity contribution >= 4 is 11.9 Å². The van der Waals surface area contributed by atoms with Gasteiger partial charge in [-0.15, -0.1) is 0 Å². The van der Waals surface area contributed by atoms with E-state index in [4.69, 9.17) is 14.6 Å². The number of carboxylic acids is 1. The van der Waals surface area contributed by atoms with Crippen molar-refractivity contribution in [3.8, 4) is 11.5 Å². The van der Waals surface area contributed by atoms with Gasteiger partial charge < -0.3 is 25.0 Å². The van der Waals surface area contributed by atoms with E-state index in [0.29, 0.717) is 23.7 Å². The van der Waals surface area contributed by atoms with Crippen molar-refractivity contribution in [2.45, 2.75) is 19.1 Å². The van der Waals surface area contributed by atoms with Crippen molar-refractivity contribution in [3.63, 3.8) is 0 Å². The molecule has 3 N–H and O–H groups in total. The van der Waals surface area contributed by atoms with Crippen molar-refractivity contribution in [1.29, 1.82) is 0 Å². The Bertz CT molecular complexity index is 747. The van der Waals surface area contributed by atoms with Crippen LogP contribution in [0.3, 0.4) is 0 Å². The summed E-state index contributed by atoms with van der Waals surface area (Å²) in [4.78, 5) is 22.7. The van der Waals surface area contributed by atoms with Gasteiger partial charge in [-0.25, -0.2) is 4.79 Å². The lowest BCUT2D eigenvalue weighted by molar-refractivity contribution is -0.146. The molecular formula is C19H21NO6. The second-order valence-corrected chi connectivity index (χ2v) is 5.54. The van der Waals surface area contributed by atoms with E-state index in [9.17, 15) is 14.7 Å². The van der Waals surface area contributed by atoms with Crippen LogP contribution >= 0.6 is 0 Å². The van der Waals surface area contributed by atoms with Gasteiger partial charge in [-0.2, -0.15) is 0 Å². The minimum atomic E-state index is -1.50. The minimum absolute atomic E-state index is 0.0402. The normalized spacial score (nSPS) is 11.5. The van der Waals surface area contributed by atoms with Gasteiger partial charge in [-0.3, -0.25) is 4.79 Å². The average Bonchev–Trinajstić information content (AvgIpc) is 2.66. The quantitative estimate of drug-likeness (QED) is 0.631. The topological polar surface area (TPSA) is 105 Å². The second kappa shape index (κ2) is 9.43. The van der Waals surface area contributed by atoms with Crippen LogP contribution in [0.25, 0.3) is 0 Å². The van der Waals surface area contributed by atoms with E-state index >= 15 is 0 Å². The highest BCUT2D eigenvalue weighted by Crippen LogP contribution is 2.28. The molecule has 0 fully saturated rings. The molecule has 1 atom stereocenters. The third-order valence-corrected chi connectivity index (χ3v) is 3.65. The zero-order chi connectivity index (χ0) is 18.9. The molecule has 0 unspecified atom stereocenters. The molecule has 0 aromatic heterocycles. The number of aliphatic carboxylic acids is 1. The maximum Gasteiger partial charge on any atom is 0.332 e. The SMILES string of the molecule is COc1ccc(C(=O)NCC[C@@H](O)C(=O)O)cc1OCc1ccccc1. The van der Waals surface area contributed by atoms with Crippen molar-refractivity contribution in [1.82, 2.24) is 5.32 Å². The van der Waals surface area contributed by atoms with Crippen LogP contribution in [0.15, 0.2) is 48.5 Å². The van der Waals surface area contributed by atoms with Crippen LogP contribution < -0.4 is 14.8 Å². The number of carbonyl (C=O) groups excluding carboxylic acids is 1. The van der Waals surface area contributed by atoms with E-state index in [1.165, 1.54) is 7.11 Å². The van der Waals surface area contributed by atoms with Crippen molar-refractivity contribution in [2.24, 2.45) is 0 Å². The number of carboxylic acid groups (broad SMARTS) is 1. The largest absolute Gasteiger partial charge is 0.493 e. The number of nitrogens with one attached hydrogen (secondary N) is 1. The van der Waals surface area contributed by atoms with Gasteiger partial charge in [-0.05, 0) is 23.8 Å². The van der Waals surface area contributed by atoms with E-state index in [1.807, 2.05) is 30.3 Å². The molecule has 1 amide bonds. The summed E-state index contributed by atoms with van der Waals surface area (Å²) in [7, 11) is 1.51. The van der Waals surface area contributed by atoms with Crippen molar-refractivity contribution in [2.75, 3.05) is 13.7 Å². The fourth-order valence-corrected chi connectivity index (χ4v) is 2.21.